The Bertz CT molecular complexity index is 214. The molecule has 0 aromatic rings. The molecule has 0 saturated heterocycles. The highest BCUT2D eigenvalue weighted by Crippen LogP contribution is 2.18. The number of ether oxygens (including phenoxy) is 1. The van der Waals surface area contributed by atoms with Gasteiger partial charge in [-0.15, -0.1) is 0 Å². The van der Waals surface area contributed by atoms with Crippen LogP contribution in [0.5, 0.6) is 0 Å². The Kier molecular flexibility index (Phi) is 7.48. The number of hydrogen-bond donors (Lipinski definition) is 0. The normalized spacial score (nSPS) is 12.6. The van der Waals surface area contributed by atoms with E-state index in [0.29, 0.717) is 0 Å². The maximum atomic E-state index is 11.8. The maximum absolute atomic E-state index is 11.8. The molecule has 0 aliphatic heterocycles. The second-order valence-corrected chi connectivity index (χ2v) is 4.80. The van der Waals surface area contributed by atoms with Crippen molar-refractivity contribution in [3.63, 3.8) is 0 Å². The van der Waals surface area contributed by atoms with Crippen molar-refractivity contribution in [2.24, 2.45) is 11.8 Å². The summed E-state index contributed by atoms with van der Waals surface area (Å²) >= 11 is 1.69. The van der Waals surface area contributed by atoms with Crippen molar-refractivity contribution in [3.05, 3.63) is 0 Å². The molecule has 0 aromatic carbocycles. The van der Waals surface area contributed by atoms with Crippen LogP contribution in [0.1, 0.15) is 26.7 Å². The zero-order valence-electron chi connectivity index (χ0n) is 9.91. The number of ketones is 1. The lowest BCUT2D eigenvalue weighted by Gasteiger charge is -2.16. The van der Waals surface area contributed by atoms with E-state index in [1.54, 1.807) is 11.8 Å². The van der Waals surface area contributed by atoms with E-state index in [9.17, 15) is 9.59 Å². The van der Waals surface area contributed by atoms with E-state index < -0.39 is 0 Å². The van der Waals surface area contributed by atoms with Gasteiger partial charge < -0.3 is 4.74 Å². The standard InChI is InChI=1S/C11H20O3S/c1-8(2)11(13)9(5-6-15-4)7-10(12)14-3/h8-9H,5-7H2,1-4H3. The Balaban J connectivity index is 4.29. The minimum absolute atomic E-state index is 0.0125. The highest BCUT2D eigenvalue weighted by molar-refractivity contribution is 7.98. The third kappa shape index (κ3) is 5.82. The van der Waals surface area contributed by atoms with Crippen LogP contribution in [0, 0.1) is 11.8 Å². The average Bonchev–Trinajstić information content (AvgIpc) is 2.22. The monoisotopic (exact) mass is 232 g/mol. The summed E-state index contributed by atoms with van der Waals surface area (Å²) in [5.41, 5.74) is 0. The van der Waals surface area contributed by atoms with Crippen LogP contribution in [0.15, 0.2) is 0 Å². The van der Waals surface area contributed by atoms with Crippen molar-refractivity contribution >= 4 is 23.5 Å². The first kappa shape index (κ1) is 14.5. The lowest BCUT2D eigenvalue weighted by molar-refractivity contribution is -0.144. The predicted octanol–water partition coefficient (Wildman–Crippen LogP) is 2.14. The molecule has 1 unspecified atom stereocenters. The van der Waals surface area contributed by atoms with Gasteiger partial charge in [0, 0.05) is 11.8 Å². The SMILES string of the molecule is COC(=O)CC(CCSC)C(=O)C(C)C. The van der Waals surface area contributed by atoms with Gasteiger partial charge in [0.2, 0.25) is 0 Å². The van der Waals surface area contributed by atoms with Crippen molar-refractivity contribution in [2.75, 3.05) is 19.1 Å². The number of Topliss-reactive ketones (excluding diaryl/α,β-unsaturated/α-hetero) is 1. The second kappa shape index (κ2) is 7.74. The Morgan fingerprint density at radius 2 is 1.93 bits per heavy atom. The Morgan fingerprint density at radius 3 is 2.33 bits per heavy atom. The van der Waals surface area contributed by atoms with Crippen LogP contribution < -0.4 is 0 Å². The number of methoxy groups -OCH3 is 1. The van der Waals surface area contributed by atoms with Crippen LogP contribution in [0.3, 0.4) is 0 Å². The van der Waals surface area contributed by atoms with E-state index in [2.05, 4.69) is 4.74 Å². The number of carbonyl (C=O) groups is 2. The molecule has 0 N–H and O–H groups in total. The predicted molar refractivity (Wildman–Crippen MR) is 63.0 cm³/mol. The van der Waals surface area contributed by atoms with Gasteiger partial charge in [-0.25, -0.2) is 0 Å². The zero-order chi connectivity index (χ0) is 11.8. The van der Waals surface area contributed by atoms with E-state index in [4.69, 9.17) is 0 Å². The third-order valence-corrected chi connectivity index (χ3v) is 2.93. The van der Waals surface area contributed by atoms with E-state index in [-0.39, 0.29) is 30.0 Å². The van der Waals surface area contributed by atoms with Crippen molar-refractivity contribution in [1.82, 2.24) is 0 Å². The maximum Gasteiger partial charge on any atom is 0.306 e. The van der Waals surface area contributed by atoms with Crippen LogP contribution in [0.25, 0.3) is 0 Å². The molecule has 0 amide bonds. The van der Waals surface area contributed by atoms with Crippen molar-refractivity contribution in [3.8, 4) is 0 Å². The summed E-state index contributed by atoms with van der Waals surface area (Å²) in [6.07, 6.45) is 2.97. The lowest BCUT2D eigenvalue weighted by atomic mass is 9.90. The van der Waals surface area contributed by atoms with Gasteiger partial charge in [-0.2, -0.15) is 11.8 Å². The first-order chi connectivity index (χ1) is 7.02. The van der Waals surface area contributed by atoms with Crippen molar-refractivity contribution < 1.29 is 14.3 Å². The topological polar surface area (TPSA) is 43.4 Å². The van der Waals surface area contributed by atoms with Gasteiger partial charge in [0.05, 0.1) is 13.5 Å². The number of hydrogen-bond acceptors (Lipinski definition) is 4. The Morgan fingerprint density at radius 1 is 1.33 bits per heavy atom. The van der Waals surface area contributed by atoms with Crippen LogP contribution in [-0.4, -0.2) is 30.9 Å². The van der Waals surface area contributed by atoms with Crippen LogP contribution >= 0.6 is 11.8 Å². The van der Waals surface area contributed by atoms with Gasteiger partial charge in [0.15, 0.2) is 0 Å². The van der Waals surface area contributed by atoms with E-state index in [0.717, 1.165) is 12.2 Å². The second-order valence-electron chi connectivity index (χ2n) is 3.82. The minimum atomic E-state index is -0.296. The molecule has 0 bridgehead atoms. The molecule has 0 heterocycles. The van der Waals surface area contributed by atoms with Gasteiger partial charge in [-0.1, -0.05) is 13.8 Å². The molecular weight excluding hydrogens is 212 g/mol. The van der Waals surface area contributed by atoms with Gasteiger partial charge in [-0.05, 0) is 18.4 Å². The molecule has 15 heavy (non-hydrogen) atoms. The van der Waals surface area contributed by atoms with Gasteiger partial charge in [0.1, 0.15) is 5.78 Å². The largest absolute Gasteiger partial charge is 0.469 e. The molecule has 0 rings (SSSR count). The smallest absolute Gasteiger partial charge is 0.306 e. The quantitative estimate of drug-likeness (QED) is 0.631. The fourth-order valence-corrected chi connectivity index (χ4v) is 1.88. The Hall–Kier alpha value is -0.510. The van der Waals surface area contributed by atoms with Crippen LogP contribution in [-0.2, 0) is 14.3 Å². The summed E-state index contributed by atoms with van der Waals surface area (Å²) < 4.78 is 4.59. The number of thioether (sulfide) groups is 1. The molecule has 1 atom stereocenters. The van der Waals surface area contributed by atoms with Crippen LogP contribution in [0.2, 0.25) is 0 Å². The fraction of sp³-hybridized carbons (Fsp3) is 0.818. The van der Waals surface area contributed by atoms with Gasteiger partial charge >= 0.3 is 5.97 Å². The molecule has 0 aliphatic carbocycles. The molecular formula is C11H20O3S. The average molecular weight is 232 g/mol. The molecule has 0 aromatic heterocycles. The van der Waals surface area contributed by atoms with Crippen LogP contribution in [0.4, 0.5) is 0 Å². The molecule has 0 aliphatic rings. The molecule has 0 radical (unpaired) electrons. The molecule has 4 heteroatoms. The van der Waals surface area contributed by atoms with Crippen molar-refractivity contribution in [1.29, 1.82) is 0 Å². The zero-order valence-corrected chi connectivity index (χ0v) is 10.7. The highest BCUT2D eigenvalue weighted by atomic mass is 32.2. The lowest BCUT2D eigenvalue weighted by Crippen LogP contribution is -2.24. The first-order valence-electron chi connectivity index (χ1n) is 5.12. The molecule has 0 saturated carbocycles. The molecule has 3 nitrogen and oxygen atoms in total. The summed E-state index contributed by atoms with van der Waals surface area (Å²) in [6.45, 7) is 3.73. The highest BCUT2D eigenvalue weighted by Gasteiger charge is 2.23. The summed E-state index contributed by atoms with van der Waals surface area (Å²) in [6, 6.07) is 0. The summed E-state index contributed by atoms with van der Waals surface area (Å²) in [4.78, 5) is 22.9. The molecule has 0 spiro atoms. The molecule has 88 valence electrons. The Labute approximate surface area is 95.9 Å². The number of esters is 1. The number of carbonyl (C=O) groups excluding carboxylic acids is 2. The van der Waals surface area contributed by atoms with E-state index in [1.807, 2.05) is 20.1 Å². The summed E-state index contributed by atoms with van der Waals surface area (Å²) in [7, 11) is 1.35. The molecule has 0 fully saturated rings. The van der Waals surface area contributed by atoms with Gasteiger partial charge in [0.25, 0.3) is 0 Å². The summed E-state index contributed by atoms with van der Waals surface area (Å²) in [5, 5.41) is 0. The fourth-order valence-electron chi connectivity index (χ4n) is 1.36. The number of rotatable bonds is 7. The third-order valence-electron chi connectivity index (χ3n) is 2.28. The first-order valence-corrected chi connectivity index (χ1v) is 6.51. The van der Waals surface area contributed by atoms with Crippen molar-refractivity contribution in [2.45, 2.75) is 26.7 Å². The van der Waals surface area contributed by atoms with E-state index >= 15 is 0 Å². The minimum Gasteiger partial charge on any atom is -0.469 e. The van der Waals surface area contributed by atoms with E-state index in [1.165, 1.54) is 7.11 Å². The summed E-state index contributed by atoms with van der Waals surface area (Å²) in [5.74, 6) is 0.580. The van der Waals surface area contributed by atoms with Gasteiger partial charge in [-0.3, -0.25) is 9.59 Å².